The van der Waals surface area contributed by atoms with Crippen molar-refractivity contribution >= 4 is 17.0 Å². The van der Waals surface area contributed by atoms with Crippen molar-refractivity contribution in [3.63, 3.8) is 0 Å². The van der Waals surface area contributed by atoms with E-state index in [4.69, 9.17) is 4.52 Å². The predicted octanol–water partition coefficient (Wildman–Crippen LogP) is 3.52. The number of aryl methyl sites for hydroxylation is 2. The molecule has 4 aromatic heterocycles. The van der Waals surface area contributed by atoms with Crippen molar-refractivity contribution < 1.29 is 9.32 Å². The fraction of sp³-hybridized carbons (Fsp3) is 0.409. The summed E-state index contributed by atoms with van der Waals surface area (Å²) in [5.74, 6) is 0.180. The first-order valence-corrected chi connectivity index (χ1v) is 10.6. The van der Waals surface area contributed by atoms with Crippen LogP contribution >= 0.6 is 0 Å². The number of rotatable bonds is 6. The maximum atomic E-state index is 13.4. The Morgan fingerprint density at radius 1 is 1.39 bits per heavy atom. The number of nitrogens with zero attached hydrogens (tertiary/aromatic N) is 6. The highest BCUT2D eigenvalue weighted by Gasteiger charge is 2.30. The molecular formula is C22H25N7O2. The van der Waals surface area contributed by atoms with Gasteiger partial charge in [0.05, 0.1) is 28.9 Å². The molecule has 1 aliphatic rings. The molecule has 0 spiro atoms. The van der Waals surface area contributed by atoms with E-state index < -0.39 is 0 Å². The number of carbonyl (C=O) groups excluding carboxylic acids is 1. The van der Waals surface area contributed by atoms with Crippen molar-refractivity contribution in [2.45, 2.75) is 52.1 Å². The quantitative estimate of drug-likeness (QED) is 0.513. The molecule has 9 heteroatoms. The molecule has 1 aliphatic carbocycles. The number of pyridine rings is 1. The lowest BCUT2D eigenvalue weighted by Crippen LogP contribution is -2.27. The molecule has 1 amide bonds. The van der Waals surface area contributed by atoms with Crippen molar-refractivity contribution in [3.05, 3.63) is 47.2 Å². The van der Waals surface area contributed by atoms with Crippen LogP contribution < -0.4 is 5.32 Å². The molecule has 0 aromatic carbocycles. The summed E-state index contributed by atoms with van der Waals surface area (Å²) < 4.78 is 9.23. The monoisotopic (exact) mass is 419 g/mol. The number of fused-ring (bicyclic) bond motifs is 1. The second-order valence-electron chi connectivity index (χ2n) is 8.15. The predicted molar refractivity (Wildman–Crippen MR) is 115 cm³/mol. The van der Waals surface area contributed by atoms with E-state index in [-0.39, 0.29) is 11.9 Å². The average Bonchev–Trinajstić information content (AvgIpc) is 3.21. The van der Waals surface area contributed by atoms with Gasteiger partial charge in [0, 0.05) is 42.7 Å². The summed E-state index contributed by atoms with van der Waals surface area (Å²) in [6.07, 6.45) is 5.78. The summed E-state index contributed by atoms with van der Waals surface area (Å²) >= 11 is 0. The van der Waals surface area contributed by atoms with Crippen LogP contribution in [-0.2, 0) is 13.6 Å². The normalized spacial score (nSPS) is 14.8. The molecule has 1 saturated carbocycles. The Balaban J connectivity index is 1.60. The van der Waals surface area contributed by atoms with E-state index in [0.717, 1.165) is 42.0 Å². The summed E-state index contributed by atoms with van der Waals surface area (Å²) in [5, 5.41) is 16.8. The van der Waals surface area contributed by atoms with Crippen LogP contribution in [0.15, 0.2) is 29.0 Å². The third-order valence-corrected chi connectivity index (χ3v) is 5.89. The molecule has 160 valence electrons. The van der Waals surface area contributed by atoms with Gasteiger partial charge < -0.3 is 9.84 Å². The molecule has 0 saturated heterocycles. The third-order valence-electron chi connectivity index (χ3n) is 5.89. The standard InChI is InChI=1S/C22H25N7O2/c1-5-29-13(3)16(11-23-29)20-19-15(10-18(14-6-7-14)25-22(19)31-27-20)21(30)24-12(2)17-8-9-28(4)26-17/h8-12,14H,5-7H2,1-4H3,(H,24,30)/t12-/m0/s1. The van der Waals surface area contributed by atoms with Crippen LogP contribution in [0.2, 0.25) is 0 Å². The second-order valence-corrected chi connectivity index (χ2v) is 8.15. The van der Waals surface area contributed by atoms with Crippen LogP contribution in [0.3, 0.4) is 0 Å². The van der Waals surface area contributed by atoms with Gasteiger partial charge in [-0.05, 0) is 45.7 Å². The summed E-state index contributed by atoms with van der Waals surface area (Å²) in [4.78, 5) is 18.1. The lowest BCUT2D eigenvalue weighted by atomic mass is 10.0. The molecule has 1 N–H and O–H groups in total. The van der Waals surface area contributed by atoms with Crippen LogP contribution in [-0.4, -0.2) is 35.6 Å². The molecule has 9 nitrogen and oxygen atoms in total. The van der Waals surface area contributed by atoms with Crippen molar-refractivity contribution in [3.8, 4) is 11.3 Å². The van der Waals surface area contributed by atoms with E-state index in [1.54, 1.807) is 10.9 Å². The summed E-state index contributed by atoms with van der Waals surface area (Å²) in [5.41, 5.74) is 5.00. The zero-order valence-corrected chi connectivity index (χ0v) is 18.1. The van der Waals surface area contributed by atoms with Gasteiger partial charge >= 0.3 is 0 Å². The Morgan fingerprint density at radius 2 is 2.19 bits per heavy atom. The van der Waals surface area contributed by atoms with Crippen LogP contribution in [0.1, 0.15) is 66.1 Å². The molecule has 0 unspecified atom stereocenters. The number of nitrogens with one attached hydrogen (secondary N) is 1. The van der Waals surface area contributed by atoms with E-state index in [0.29, 0.717) is 28.3 Å². The van der Waals surface area contributed by atoms with E-state index in [9.17, 15) is 4.79 Å². The first kappa shape index (κ1) is 19.5. The van der Waals surface area contributed by atoms with E-state index in [2.05, 4.69) is 25.7 Å². The van der Waals surface area contributed by atoms with Crippen LogP contribution in [0.4, 0.5) is 0 Å². The van der Waals surface area contributed by atoms with Gasteiger partial charge in [0.2, 0.25) is 0 Å². The topological polar surface area (TPSA) is 104 Å². The highest BCUT2D eigenvalue weighted by Crippen LogP contribution is 2.41. The molecule has 1 fully saturated rings. The molecule has 4 aromatic rings. The zero-order valence-electron chi connectivity index (χ0n) is 18.1. The van der Waals surface area contributed by atoms with Gasteiger partial charge in [-0.25, -0.2) is 4.98 Å². The fourth-order valence-corrected chi connectivity index (χ4v) is 3.93. The third kappa shape index (κ3) is 3.39. The van der Waals surface area contributed by atoms with Gasteiger partial charge in [-0.3, -0.25) is 14.2 Å². The Morgan fingerprint density at radius 3 is 2.84 bits per heavy atom. The number of carbonyl (C=O) groups is 1. The first-order chi connectivity index (χ1) is 15.0. The highest BCUT2D eigenvalue weighted by molar-refractivity contribution is 6.09. The fourth-order valence-electron chi connectivity index (χ4n) is 3.93. The van der Waals surface area contributed by atoms with Gasteiger partial charge in [0.15, 0.2) is 0 Å². The van der Waals surface area contributed by atoms with Gasteiger partial charge in [-0.15, -0.1) is 0 Å². The number of aromatic nitrogens is 6. The molecule has 0 aliphatic heterocycles. The molecule has 31 heavy (non-hydrogen) atoms. The Hall–Kier alpha value is -3.49. The first-order valence-electron chi connectivity index (χ1n) is 10.6. The van der Waals surface area contributed by atoms with E-state index >= 15 is 0 Å². The van der Waals surface area contributed by atoms with E-state index in [1.807, 2.05) is 50.8 Å². The number of hydrogen-bond donors (Lipinski definition) is 1. The SMILES string of the molecule is CCn1ncc(-c2noc3nc(C4CC4)cc(C(=O)N[C@@H](C)c4ccn(C)n4)c23)c1C. The van der Waals surface area contributed by atoms with Crippen LogP contribution in [0.5, 0.6) is 0 Å². The highest BCUT2D eigenvalue weighted by atomic mass is 16.5. The molecule has 5 rings (SSSR count). The maximum Gasteiger partial charge on any atom is 0.259 e. The van der Waals surface area contributed by atoms with Crippen LogP contribution in [0, 0.1) is 6.92 Å². The Labute approximate surface area is 179 Å². The largest absolute Gasteiger partial charge is 0.344 e. The molecule has 4 heterocycles. The van der Waals surface area contributed by atoms with Gasteiger partial charge in [0.25, 0.3) is 11.6 Å². The lowest BCUT2D eigenvalue weighted by molar-refractivity contribution is 0.0940. The van der Waals surface area contributed by atoms with Gasteiger partial charge in [-0.1, -0.05) is 5.16 Å². The number of hydrogen-bond acceptors (Lipinski definition) is 6. The molecule has 0 radical (unpaired) electrons. The van der Waals surface area contributed by atoms with Crippen molar-refractivity contribution in [1.29, 1.82) is 0 Å². The summed E-state index contributed by atoms with van der Waals surface area (Å²) in [6.45, 7) is 6.69. The smallest absolute Gasteiger partial charge is 0.259 e. The Bertz CT molecular complexity index is 1280. The molecule has 1 atom stereocenters. The van der Waals surface area contributed by atoms with Crippen molar-refractivity contribution in [1.82, 2.24) is 35.0 Å². The maximum absolute atomic E-state index is 13.4. The van der Waals surface area contributed by atoms with Crippen molar-refractivity contribution in [2.75, 3.05) is 0 Å². The van der Waals surface area contributed by atoms with Crippen LogP contribution in [0.25, 0.3) is 22.4 Å². The van der Waals surface area contributed by atoms with Gasteiger partial charge in [-0.2, -0.15) is 10.2 Å². The van der Waals surface area contributed by atoms with Gasteiger partial charge in [0.1, 0.15) is 5.69 Å². The summed E-state index contributed by atoms with van der Waals surface area (Å²) in [6, 6.07) is 3.55. The molecular weight excluding hydrogens is 394 g/mol. The second kappa shape index (κ2) is 7.33. The summed E-state index contributed by atoms with van der Waals surface area (Å²) in [7, 11) is 1.86. The Kier molecular flexibility index (Phi) is 4.60. The molecule has 0 bridgehead atoms. The van der Waals surface area contributed by atoms with E-state index in [1.165, 1.54) is 0 Å². The van der Waals surface area contributed by atoms with Crippen molar-refractivity contribution in [2.24, 2.45) is 7.05 Å². The average molecular weight is 419 g/mol. The number of amides is 1. The lowest BCUT2D eigenvalue weighted by Gasteiger charge is -2.13. The minimum atomic E-state index is -0.242. The zero-order chi connectivity index (χ0) is 21.7. The minimum absolute atomic E-state index is 0.197. The minimum Gasteiger partial charge on any atom is -0.344 e.